The van der Waals surface area contributed by atoms with Crippen molar-refractivity contribution in [1.82, 2.24) is 10.2 Å². The molecule has 2 aromatic heterocycles. The highest BCUT2D eigenvalue weighted by Crippen LogP contribution is 2.41. The number of anilines is 1. The van der Waals surface area contributed by atoms with Gasteiger partial charge in [0.25, 0.3) is 11.6 Å². The Morgan fingerprint density at radius 1 is 1.06 bits per heavy atom. The number of fused-ring (bicyclic) bond motifs is 1. The van der Waals surface area contributed by atoms with Crippen molar-refractivity contribution in [3.63, 3.8) is 0 Å². The van der Waals surface area contributed by atoms with Crippen LogP contribution in [0, 0.1) is 10.1 Å². The van der Waals surface area contributed by atoms with Crippen molar-refractivity contribution in [3.8, 4) is 28.7 Å². The second kappa shape index (κ2) is 8.51. The summed E-state index contributed by atoms with van der Waals surface area (Å²) in [6.45, 7) is 0. The SMILES string of the molecule is COc1cc(-c2nnc(NC(=O)c3cc4cc([N+](=O)[O-])ccc4s3)o2)cc(OC)c1OC. The van der Waals surface area contributed by atoms with Gasteiger partial charge in [-0.25, -0.2) is 0 Å². The molecule has 0 saturated carbocycles. The molecule has 11 nitrogen and oxygen atoms in total. The first-order valence-electron chi connectivity index (χ1n) is 9.06. The number of nitro groups is 1. The number of amides is 1. The number of carbonyl (C=O) groups excluding carboxylic acids is 1. The largest absolute Gasteiger partial charge is 0.493 e. The van der Waals surface area contributed by atoms with Crippen LogP contribution < -0.4 is 19.5 Å². The molecule has 164 valence electrons. The zero-order valence-electron chi connectivity index (χ0n) is 17.1. The van der Waals surface area contributed by atoms with E-state index in [9.17, 15) is 14.9 Å². The van der Waals surface area contributed by atoms with Gasteiger partial charge in [0.15, 0.2) is 11.5 Å². The lowest BCUT2D eigenvalue weighted by atomic mass is 10.2. The predicted molar refractivity (Wildman–Crippen MR) is 116 cm³/mol. The Morgan fingerprint density at radius 2 is 1.78 bits per heavy atom. The average Bonchev–Trinajstić information content (AvgIpc) is 3.44. The van der Waals surface area contributed by atoms with Gasteiger partial charge in [0.05, 0.1) is 31.1 Å². The molecule has 32 heavy (non-hydrogen) atoms. The summed E-state index contributed by atoms with van der Waals surface area (Å²) >= 11 is 1.19. The highest BCUT2D eigenvalue weighted by Gasteiger charge is 2.19. The van der Waals surface area contributed by atoms with E-state index in [0.717, 1.165) is 4.70 Å². The second-order valence-electron chi connectivity index (χ2n) is 6.37. The van der Waals surface area contributed by atoms with Crippen LogP contribution in [0.25, 0.3) is 21.5 Å². The average molecular weight is 456 g/mol. The molecule has 0 saturated heterocycles. The van der Waals surface area contributed by atoms with E-state index in [1.165, 1.54) is 44.8 Å². The van der Waals surface area contributed by atoms with Gasteiger partial charge in [0.2, 0.25) is 11.6 Å². The minimum absolute atomic E-state index is 0.0471. The maximum atomic E-state index is 12.6. The molecule has 0 fully saturated rings. The summed E-state index contributed by atoms with van der Waals surface area (Å²) in [4.78, 5) is 23.4. The van der Waals surface area contributed by atoms with E-state index >= 15 is 0 Å². The minimum atomic E-state index is -0.486. The summed E-state index contributed by atoms with van der Waals surface area (Å²) in [5, 5.41) is 21.9. The molecule has 1 amide bonds. The second-order valence-corrected chi connectivity index (χ2v) is 7.45. The normalized spacial score (nSPS) is 10.7. The van der Waals surface area contributed by atoms with Gasteiger partial charge < -0.3 is 18.6 Å². The van der Waals surface area contributed by atoms with E-state index in [4.69, 9.17) is 18.6 Å². The molecular weight excluding hydrogens is 440 g/mol. The third-order valence-corrected chi connectivity index (χ3v) is 5.61. The highest BCUT2D eigenvalue weighted by molar-refractivity contribution is 7.20. The monoisotopic (exact) mass is 456 g/mol. The smallest absolute Gasteiger partial charge is 0.322 e. The highest BCUT2D eigenvalue weighted by atomic mass is 32.1. The van der Waals surface area contributed by atoms with E-state index in [-0.39, 0.29) is 17.6 Å². The minimum Gasteiger partial charge on any atom is -0.493 e. The van der Waals surface area contributed by atoms with Crippen LogP contribution >= 0.6 is 11.3 Å². The number of ether oxygens (including phenoxy) is 3. The van der Waals surface area contributed by atoms with Crippen molar-refractivity contribution in [1.29, 1.82) is 0 Å². The first-order chi connectivity index (χ1) is 15.4. The molecule has 0 unspecified atom stereocenters. The summed E-state index contributed by atoms with van der Waals surface area (Å²) < 4.78 is 22.2. The molecule has 2 aromatic carbocycles. The maximum Gasteiger partial charge on any atom is 0.322 e. The van der Waals surface area contributed by atoms with Crippen LogP contribution in [0.3, 0.4) is 0 Å². The van der Waals surface area contributed by atoms with Crippen molar-refractivity contribution in [2.45, 2.75) is 0 Å². The summed E-state index contributed by atoms with van der Waals surface area (Å²) in [6, 6.07) is 9.14. The molecule has 0 aliphatic rings. The molecule has 1 N–H and O–H groups in total. The van der Waals surface area contributed by atoms with Crippen molar-refractivity contribution in [2.24, 2.45) is 0 Å². The van der Waals surface area contributed by atoms with Gasteiger partial charge in [-0.15, -0.1) is 16.4 Å². The van der Waals surface area contributed by atoms with Crippen molar-refractivity contribution >= 4 is 39.0 Å². The Bertz CT molecular complexity index is 1310. The van der Waals surface area contributed by atoms with Gasteiger partial charge in [0.1, 0.15) is 0 Å². The molecule has 0 aliphatic carbocycles. The number of hydrogen-bond acceptors (Lipinski definition) is 10. The Morgan fingerprint density at radius 3 is 2.41 bits per heavy atom. The fourth-order valence-corrected chi connectivity index (χ4v) is 3.95. The molecule has 0 atom stereocenters. The standard InChI is InChI=1S/C20H16N4O7S/c1-28-13-7-11(8-14(29-2)17(13)30-3)19-22-23-20(31-19)21-18(25)16-9-10-6-12(24(26)27)4-5-15(10)32-16/h4-9H,1-3H3,(H,21,23,25). The summed E-state index contributed by atoms with van der Waals surface area (Å²) in [7, 11) is 4.47. The Hall–Kier alpha value is -4.19. The number of rotatable bonds is 7. The topological polar surface area (TPSA) is 139 Å². The predicted octanol–water partition coefficient (Wildman–Crippen LogP) is 4.14. The van der Waals surface area contributed by atoms with Gasteiger partial charge in [0, 0.05) is 27.8 Å². The quantitative estimate of drug-likeness (QED) is 0.321. The van der Waals surface area contributed by atoms with Gasteiger partial charge in [-0.3, -0.25) is 20.2 Å². The molecule has 0 aliphatic heterocycles. The number of thiophene rings is 1. The molecule has 12 heteroatoms. The van der Waals surface area contributed by atoms with Crippen LogP contribution in [0.4, 0.5) is 11.7 Å². The fourth-order valence-electron chi connectivity index (χ4n) is 3.01. The van der Waals surface area contributed by atoms with E-state index in [1.807, 2.05) is 0 Å². The molecule has 0 bridgehead atoms. The molecule has 4 aromatic rings. The first kappa shape index (κ1) is 21.1. The number of nitro benzene ring substituents is 1. The zero-order valence-corrected chi connectivity index (χ0v) is 17.9. The van der Waals surface area contributed by atoms with Crippen molar-refractivity contribution < 1.29 is 28.3 Å². The Balaban J connectivity index is 1.58. The lowest BCUT2D eigenvalue weighted by Gasteiger charge is -2.12. The van der Waals surface area contributed by atoms with Crippen molar-refractivity contribution in [3.05, 3.63) is 51.4 Å². The van der Waals surface area contributed by atoms with E-state index in [0.29, 0.717) is 33.1 Å². The number of non-ortho nitro benzene ring substituents is 1. The Labute approximate surface area is 184 Å². The number of benzene rings is 2. The van der Waals surface area contributed by atoms with Crippen LogP contribution in [0.15, 0.2) is 40.8 Å². The van der Waals surface area contributed by atoms with Gasteiger partial charge >= 0.3 is 6.01 Å². The zero-order chi connectivity index (χ0) is 22.8. The fraction of sp³-hybridized carbons (Fsp3) is 0.150. The number of methoxy groups -OCH3 is 3. The van der Waals surface area contributed by atoms with Crippen LogP contribution in [0.1, 0.15) is 9.67 Å². The third-order valence-electron chi connectivity index (χ3n) is 4.49. The van der Waals surface area contributed by atoms with Crippen LogP contribution in [-0.4, -0.2) is 42.4 Å². The van der Waals surface area contributed by atoms with Crippen LogP contribution in [0.5, 0.6) is 17.2 Å². The van der Waals surface area contributed by atoms with Gasteiger partial charge in [-0.05, 0) is 24.3 Å². The molecular formula is C20H16N4O7S. The maximum absolute atomic E-state index is 12.6. The van der Waals surface area contributed by atoms with E-state index < -0.39 is 10.8 Å². The number of nitrogens with zero attached hydrogens (tertiary/aromatic N) is 3. The summed E-state index contributed by atoms with van der Waals surface area (Å²) in [6.07, 6.45) is 0. The Kier molecular flexibility index (Phi) is 5.60. The van der Waals surface area contributed by atoms with Gasteiger partial charge in [-0.1, -0.05) is 5.10 Å². The number of aromatic nitrogens is 2. The van der Waals surface area contributed by atoms with Gasteiger partial charge in [-0.2, -0.15) is 0 Å². The number of carbonyl (C=O) groups is 1. The van der Waals surface area contributed by atoms with E-state index in [1.54, 1.807) is 24.3 Å². The lowest BCUT2D eigenvalue weighted by Crippen LogP contribution is -2.10. The van der Waals surface area contributed by atoms with Crippen molar-refractivity contribution in [2.75, 3.05) is 26.6 Å². The van der Waals surface area contributed by atoms with E-state index in [2.05, 4.69) is 15.5 Å². The lowest BCUT2D eigenvalue weighted by molar-refractivity contribution is -0.384. The molecule has 4 rings (SSSR count). The number of nitrogens with one attached hydrogen (secondary N) is 1. The summed E-state index contributed by atoms with van der Waals surface area (Å²) in [5.74, 6) is 0.882. The molecule has 0 spiro atoms. The molecule has 2 heterocycles. The first-order valence-corrected chi connectivity index (χ1v) is 9.88. The van der Waals surface area contributed by atoms with Crippen LogP contribution in [-0.2, 0) is 0 Å². The summed E-state index contributed by atoms with van der Waals surface area (Å²) in [5.41, 5.74) is 0.454. The molecule has 0 radical (unpaired) electrons. The third kappa shape index (κ3) is 3.90. The van der Waals surface area contributed by atoms with Crippen LogP contribution in [0.2, 0.25) is 0 Å². The number of hydrogen-bond donors (Lipinski definition) is 1.